The van der Waals surface area contributed by atoms with Gasteiger partial charge >= 0.3 is 0 Å². The third kappa shape index (κ3) is 4.49. The largest absolute Gasteiger partial charge is 0.356 e. The molecule has 1 saturated carbocycles. The second-order valence-corrected chi connectivity index (χ2v) is 8.36. The van der Waals surface area contributed by atoms with Crippen LogP contribution in [0.25, 0.3) is 0 Å². The Morgan fingerprint density at radius 2 is 1.81 bits per heavy atom. The number of aryl methyl sites for hydroxylation is 1. The van der Waals surface area contributed by atoms with Crippen LogP contribution in [0, 0.1) is 12.3 Å². The molecule has 0 unspecified atom stereocenters. The standard InChI is InChI=1S/C19H29N5O.2ClH/c1-13-21-16(14-9-15(20)10-14)11-17(22-13)24-7-5-19(6-8-24)4-3-18(25)23(2)12-19;;/h11,14-15H,3-10,12,20H2,1-2H3;2*1H. The third-order valence-corrected chi connectivity index (χ3v) is 6.45. The van der Waals surface area contributed by atoms with Gasteiger partial charge in [-0.1, -0.05) is 0 Å². The minimum Gasteiger partial charge on any atom is -0.356 e. The molecule has 0 bridgehead atoms. The first-order chi connectivity index (χ1) is 11.9. The summed E-state index contributed by atoms with van der Waals surface area (Å²) in [6.45, 7) is 4.93. The van der Waals surface area contributed by atoms with Crippen LogP contribution in [-0.4, -0.2) is 53.5 Å². The molecule has 8 heteroatoms. The number of hydrogen-bond acceptors (Lipinski definition) is 5. The maximum Gasteiger partial charge on any atom is 0.222 e. The maximum atomic E-state index is 11.8. The molecule has 0 atom stereocenters. The van der Waals surface area contributed by atoms with Gasteiger partial charge in [0.25, 0.3) is 0 Å². The molecule has 152 valence electrons. The van der Waals surface area contributed by atoms with E-state index in [0.29, 0.717) is 29.7 Å². The highest BCUT2D eigenvalue weighted by Gasteiger charge is 2.40. The number of nitrogens with zero attached hydrogens (tertiary/aromatic N) is 4. The molecule has 2 N–H and O–H groups in total. The number of piperidine rings is 2. The highest BCUT2D eigenvalue weighted by Crippen LogP contribution is 2.41. The minimum absolute atomic E-state index is 0. The lowest BCUT2D eigenvalue weighted by molar-refractivity contribution is -0.136. The number of carbonyl (C=O) groups is 1. The van der Waals surface area contributed by atoms with Crippen LogP contribution in [0.3, 0.4) is 0 Å². The Morgan fingerprint density at radius 3 is 2.41 bits per heavy atom. The molecule has 2 aliphatic heterocycles. The second kappa shape index (κ2) is 8.50. The molecule has 27 heavy (non-hydrogen) atoms. The second-order valence-electron chi connectivity index (χ2n) is 8.36. The molecular weight excluding hydrogens is 385 g/mol. The van der Waals surface area contributed by atoms with Gasteiger partial charge in [-0.25, -0.2) is 9.97 Å². The SMILES string of the molecule is Cc1nc(C2CC(N)C2)cc(N2CCC3(CCC(=O)N(C)C3)CC2)n1.Cl.Cl. The summed E-state index contributed by atoms with van der Waals surface area (Å²) in [5.41, 5.74) is 7.41. The van der Waals surface area contributed by atoms with Crippen LogP contribution in [0.2, 0.25) is 0 Å². The minimum atomic E-state index is 0. The van der Waals surface area contributed by atoms with Gasteiger partial charge in [-0.2, -0.15) is 0 Å². The Bertz CT molecular complexity index is 672. The van der Waals surface area contributed by atoms with Gasteiger partial charge in [-0.3, -0.25) is 4.79 Å². The molecule has 1 spiro atoms. The first-order valence-electron chi connectivity index (χ1n) is 9.54. The van der Waals surface area contributed by atoms with E-state index in [1.165, 1.54) is 0 Å². The molecule has 4 rings (SSSR count). The summed E-state index contributed by atoms with van der Waals surface area (Å²) in [4.78, 5) is 25.5. The predicted molar refractivity (Wildman–Crippen MR) is 112 cm³/mol. The molecule has 3 aliphatic rings. The van der Waals surface area contributed by atoms with Crippen LogP contribution >= 0.6 is 24.8 Å². The van der Waals surface area contributed by atoms with E-state index < -0.39 is 0 Å². The topological polar surface area (TPSA) is 75.3 Å². The van der Waals surface area contributed by atoms with Crippen molar-refractivity contribution in [1.29, 1.82) is 0 Å². The summed E-state index contributed by atoms with van der Waals surface area (Å²) in [5.74, 6) is 2.72. The van der Waals surface area contributed by atoms with Crippen molar-refractivity contribution >= 4 is 36.5 Å². The van der Waals surface area contributed by atoms with Gasteiger partial charge in [0.15, 0.2) is 0 Å². The Kier molecular flexibility index (Phi) is 6.98. The van der Waals surface area contributed by atoms with Gasteiger partial charge in [0.2, 0.25) is 5.91 Å². The van der Waals surface area contributed by atoms with Gasteiger partial charge in [0.1, 0.15) is 11.6 Å². The Morgan fingerprint density at radius 1 is 1.15 bits per heavy atom. The van der Waals surface area contributed by atoms with E-state index in [0.717, 1.165) is 69.1 Å². The summed E-state index contributed by atoms with van der Waals surface area (Å²) < 4.78 is 0. The van der Waals surface area contributed by atoms with Crippen molar-refractivity contribution in [2.75, 3.05) is 31.6 Å². The van der Waals surface area contributed by atoms with E-state index in [-0.39, 0.29) is 24.8 Å². The van der Waals surface area contributed by atoms with Crippen molar-refractivity contribution in [3.8, 4) is 0 Å². The van der Waals surface area contributed by atoms with Crippen LogP contribution in [0.15, 0.2) is 6.07 Å². The predicted octanol–water partition coefficient (Wildman–Crippen LogP) is 2.67. The number of anilines is 1. The van der Waals surface area contributed by atoms with Crippen molar-refractivity contribution in [3.05, 3.63) is 17.6 Å². The zero-order valence-electron chi connectivity index (χ0n) is 16.2. The van der Waals surface area contributed by atoms with Gasteiger partial charge < -0.3 is 15.5 Å². The number of rotatable bonds is 2. The van der Waals surface area contributed by atoms with Gasteiger partial charge in [-0.05, 0) is 44.4 Å². The average Bonchev–Trinajstić information content (AvgIpc) is 2.56. The molecule has 1 aromatic rings. The number of likely N-dealkylation sites (tertiary alicyclic amines) is 1. The number of hydrogen-bond donors (Lipinski definition) is 1. The fourth-order valence-corrected chi connectivity index (χ4v) is 4.70. The van der Waals surface area contributed by atoms with Crippen LogP contribution < -0.4 is 10.6 Å². The summed E-state index contributed by atoms with van der Waals surface area (Å²) in [7, 11) is 1.94. The van der Waals surface area contributed by atoms with Gasteiger partial charge in [0.05, 0.1) is 0 Å². The highest BCUT2D eigenvalue weighted by atomic mass is 35.5. The summed E-state index contributed by atoms with van der Waals surface area (Å²) in [6, 6.07) is 2.52. The van der Waals surface area contributed by atoms with Crippen molar-refractivity contribution in [2.24, 2.45) is 11.1 Å². The van der Waals surface area contributed by atoms with E-state index >= 15 is 0 Å². The summed E-state index contributed by atoms with van der Waals surface area (Å²) in [6.07, 6.45) is 6.10. The van der Waals surface area contributed by atoms with E-state index in [4.69, 9.17) is 10.7 Å². The number of nitrogens with two attached hydrogens (primary N) is 1. The quantitative estimate of drug-likeness (QED) is 0.803. The lowest BCUT2D eigenvalue weighted by Gasteiger charge is -2.47. The molecule has 1 aromatic heterocycles. The normalized spacial score (nSPS) is 26.9. The number of aromatic nitrogens is 2. The van der Waals surface area contributed by atoms with Crippen LogP contribution in [0.1, 0.15) is 56.0 Å². The molecule has 1 amide bonds. The zero-order valence-corrected chi connectivity index (χ0v) is 17.8. The van der Waals surface area contributed by atoms with E-state index in [2.05, 4.69) is 16.0 Å². The van der Waals surface area contributed by atoms with E-state index in [9.17, 15) is 4.79 Å². The number of carbonyl (C=O) groups excluding carboxylic acids is 1. The van der Waals surface area contributed by atoms with E-state index in [1.807, 2.05) is 18.9 Å². The van der Waals surface area contributed by atoms with Crippen molar-refractivity contribution < 1.29 is 4.79 Å². The Balaban J connectivity index is 0.00000131. The first kappa shape index (κ1) is 22.2. The summed E-state index contributed by atoms with van der Waals surface area (Å²) in [5, 5.41) is 0. The molecular formula is C19H31Cl2N5O. The first-order valence-corrected chi connectivity index (χ1v) is 9.54. The molecule has 0 radical (unpaired) electrons. The van der Waals surface area contributed by atoms with Gasteiger partial charge in [-0.15, -0.1) is 24.8 Å². The fraction of sp³-hybridized carbons (Fsp3) is 0.737. The number of halogens is 2. The van der Waals surface area contributed by atoms with Crippen molar-refractivity contribution in [2.45, 2.75) is 57.4 Å². The maximum absolute atomic E-state index is 11.8. The lowest BCUT2D eigenvalue weighted by Crippen LogP contribution is -2.50. The van der Waals surface area contributed by atoms with Crippen LogP contribution in [-0.2, 0) is 4.79 Å². The number of amides is 1. The monoisotopic (exact) mass is 415 g/mol. The zero-order chi connectivity index (χ0) is 17.6. The molecule has 3 heterocycles. The highest BCUT2D eigenvalue weighted by molar-refractivity contribution is 5.85. The van der Waals surface area contributed by atoms with E-state index in [1.54, 1.807) is 0 Å². The Hall–Kier alpha value is -1.11. The van der Waals surface area contributed by atoms with Crippen molar-refractivity contribution in [1.82, 2.24) is 14.9 Å². The third-order valence-electron chi connectivity index (χ3n) is 6.45. The molecule has 6 nitrogen and oxygen atoms in total. The molecule has 1 aliphatic carbocycles. The molecule has 0 aromatic carbocycles. The smallest absolute Gasteiger partial charge is 0.222 e. The molecule has 2 saturated heterocycles. The van der Waals surface area contributed by atoms with Gasteiger partial charge in [0, 0.05) is 56.8 Å². The molecule has 3 fully saturated rings. The van der Waals surface area contributed by atoms with Crippen LogP contribution in [0.4, 0.5) is 5.82 Å². The van der Waals surface area contributed by atoms with Crippen molar-refractivity contribution in [3.63, 3.8) is 0 Å². The Labute approximate surface area is 174 Å². The van der Waals surface area contributed by atoms with Crippen LogP contribution in [0.5, 0.6) is 0 Å². The summed E-state index contributed by atoms with van der Waals surface area (Å²) >= 11 is 0. The average molecular weight is 416 g/mol. The lowest BCUT2D eigenvalue weighted by atomic mass is 9.72. The fourth-order valence-electron chi connectivity index (χ4n) is 4.70.